The average molecular weight is 264 g/mol. The SMILES string of the molecule is Cc1nn(C)c(N(C)C2CCCC(C)C2)c1CCN. The van der Waals surface area contributed by atoms with Crippen molar-refractivity contribution in [1.29, 1.82) is 0 Å². The van der Waals surface area contributed by atoms with E-state index in [1.165, 1.54) is 37.1 Å². The molecule has 0 aliphatic heterocycles. The Morgan fingerprint density at radius 2 is 2.16 bits per heavy atom. The summed E-state index contributed by atoms with van der Waals surface area (Å²) < 4.78 is 2.03. The second-order valence-electron chi connectivity index (χ2n) is 6.09. The van der Waals surface area contributed by atoms with Crippen LogP contribution in [-0.2, 0) is 13.5 Å². The number of nitrogens with two attached hydrogens (primary N) is 1. The van der Waals surface area contributed by atoms with Gasteiger partial charge in [0.1, 0.15) is 5.82 Å². The Labute approximate surface area is 117 Å². The van der Waals surface area contributed by atoms with Gasteiger partial charge >= 0.3 is 0 Å². The molecule has 0 saturated heterocycles. The van der Waals surface area contributed by atoms with Crippen molar-refractivity contribution in [2.75, 3.05) is 18.5 Å². The largest absolute Gasteiger partial charge is 0.357 e. The van der Waals surface area contributed by atoms with E-state index >= 15 is 0 Å². The van der Waals surface area contributed by atoms with Gasteiger partial charge in [-0.05, 0) is 38.6 Å². The van der Waals surface area contributed by atoms with E-state index in [1.807, 2.05) is 11.7 Å². The molecule has 1 fully saturated rings. The third-order valence-corrected chi connectivity index (χ3v) is 4.50. The number of hydrogen-bond donors (Lipinski definition) is 1. The molecule has 0 amide bonds. The molecule has 1 aromatic heterocycles. The van der Waals surface area contributed by atoms with E-state index in [1.54, 1.807) is 0 Å². The lowest BCUT2D eigenvalue weighted by Gasteiger charge is -2.36. The lowest BCUT2D eigenvalue weighted by molar-refractivity contribution is 0.334. The van der Waals surface area contributed by atoms with Crippen LogP contribution in [0, 0.1) is 12.8 Å². The Balaban J connectivity index is 2.24. The second-order valence-corrected chi connectivity index (χ2v) is 6.09. The highest BCUT2D eigenvalue weighted by Gasteiger charge is 2.26. The zero-order chi connectivity index (χ0) is 14.0. The van der Waals surface area contributed by atoms with Gasteiger partial charge in [0, 0.05) is 25.7 Å². The molecule has 1 aliphatic carbocycles. The predicted molar refractivity (Wildman–Crippen MR) is 80.5 cm³/mol. The first kappa shape index (κ1) is 14.4. The molecular weight excluding hydrogens is 236 g/mol. The molecule has 2 atom stereocenters. The quantitative estimate of drug-likeness (QED) is 0.907. The van der Waals surface area contributed by atoms with Crippen LogP contribution in [0.4, 0.5) is 5.82 Å². The smallest absolute Gasteiger partial charge is 0.130 e. The molecule has 2 N–H and O–H groups in total. The van der Waals surface area contributed by atoms with Crippen molar-refractivity contribution in [2.24, 2.45) is 18.7 Å². The Kier molecular flexibility index (Phi) is 4.50. The summed E-state index contributed by atoms with van der Waals surface area (Å²) >= 11 is 0. The van der Waals surface area contributed by atoms with Gasteiger partial charge in [0.2, 0.25) is 0 Å². The first-order chi connectivity index (χ1) is 9.04. The summed E-state index contributed by atoms with van der Waals surface area (Å²) in [5.74, 6) is 2.11. The minimum Gasteiger partial charge on any atom is -0.357 e. The van der Waals surface area contributed by atoms with Gasteiger partial charge in [-0.25, -0.2) is 0 Å². The van der Waals surface area contributed by atoms with Gasteiger partial charge in [0.25, 0.3) is 0 Å². The molecule has 4 nitrogen and oxygen atoms in total. The number of hydrogen-bond acceptors (Lipinski definition) is 3. The fourth-order valence-electron chi connectivity index (χ4n) is 3.49. The highest BCUT2D eigenvalue weighted by molar-refractivity contribution is 5.50. The Hall–Kier alpha value is -1.03. The summed E-state index contributed by atoms with van der Waals surface area (Å²) in [6.07, 6.45) is 6.24. The first-order valence-electron chi connectivity index (χ1n) is 7.50. The van der Waals surface area contributed by atoms with Crippen LogP contribution in [0.5, 0.6) is 0 Å². The van der Waals surface area contributed by atoms with Gasteiger partial charge in [0.05, 0.1) is 5.69 Å². The second kappa shape index (κ2) is 5.95. The molecule has 0 radical (unpaired) electrons. The van der Waals surface area contributed by atoms with Crippen LogP contribution in [0.25, 0.3) is 0 Å². The highest BCUT2D eigenvalue weighted by Crippen LogP contribution is 2.32. The molecule has 4 heteroatoms. The molecule has 108 valence electrons. The third kappa shape index (κ3) is 2.94. The van der Waals surface area contributed by atoms with E-state index < -0.39 is 0 Å². The maximum Gasteiger partial charge on any atom is 0.130 e. The van der Waals surface area contributed by atoms with E-state index in [-0.39, 0.29) is 0 Å². The minimum absolute atomic E-state index is 0.648. The molecule has 1 saturated carbocycles. The normalized spacial score (nSPS) is 23.6. The van der Waals surface area contributed by atoms with Crippen molar-refractivity contribution < 1.29 is 0 Å². The minimum atomic E-state index is 0.648. The lowest BCUT2D eigenvalue weighted by Crippen LogP contribution is -2.37. The monoisotopic (exact) mass is 264 g/mol. The van der Waals surface area contributed by atoms with Crippen molar-refractivity contribution in [1.82, 2.24) is 9.78 Å². The van der Waals surface area contributed by atoms with Gasteiger partial charge in [-0.1, -0.05) is 19.8 Å². The molecule has 2 rings (SSSR count). The van der Waals surface area contributed by atoms with Crippen LogP contribution in [0.15, 0.2) is 0 Å². The zero-order valence-electron chi connectivity index (χ0n) is 12.8. The fraction of sp³-hybridized carbons (Fsp3) is 0.800. The standard InChI is InChI=1S/C15H28N4/c1-11-6-5-7-13(10-11)18(3)15-14(8-9-16)12(2)17-19(15)4/h11,13H,5-10,16H2,1-4H3. The zero-order valence-corrected chi connectivity index (χ0v) is 12.8. The van der Waals surface area contributed by atoms with Gasteiger partial charge < -0.3 is 10.6 Å². The van der Waals surface area contributed by atoms with Crippen LogP contribution in [-0.4, -0.2) is 29.4 Å². The molecule has 1 aliphatic rings. The van der Waals surface area contributed by atoms with Crippen LogP contribution < -0.4 is 10.6 Å². The van der Waals surface area contributed by atoms with Crippen molar-refractivity contribution >= 4 is 5.82 Å². The Morgan fingerprint density at radius 1 is 1.42 bits per heavy atom. The summed E-state index contributed by atoms with van der Waals surface area (Å²) in [7, 11) is 4.27. The van der Waals surface area contributed by atoms with Gasteiger partial charge in [-0.15, -0.1) is 0 Å². The molecule has 2 unspecified atom stereocenters. The number of nitrogens with zero attached hydrogens (tertiary/aromatic N) is 3. The van der Waals surface area contributed by atoms with Crippen molar-refractivity contribution in [2.45, 2.75) is 52.0 Å². The lowest BCUT2D eigenvalue weighted by atomic mass is 9.86. The number of aromatic nitrogens is 2. The van der Waals surface area contributed by atoms with E-state index in [4.69, 9.17) is 5.73 Å². The average Bonchev–Trinajstić information content (AvgIpc) is 2.64. The number of aryl methyl sites for hydroxylation is 2. The highest BCUT2D eigenvalue weighted by atomic mass is 15.4. The summed E-state index contributed by atoms with van der Waals surface area (Å²) in [5, 5.41) is 4.58. The van der Waals surface area contributed by atoms with Crippen molar-refractivity contribution in [3.05, 3.63) is 11.3 Å². The summed E-state index contributed by atoms with van der Waals surface area (Å²) in [5.41, 5.74) is 8.20. The molecule has 1 aromatic rings. The van der Waals surface area contributed by atoms with Gasteiger partial charge in [-0.3, -0.25) is 4.68 Å². The Morgan fingerprint density at radius 3 is 2.79 bits per heavy atom. The van der Waals surface area contributed by atoms with Crippen molar-refractivity contribution in [3.8, 4) is 0 Å². The predicted octanol–water partition coefficient (Wildman–Crippen LogP) is 2.24. The van der Waals surface area contributed by atoms with Gasteiger partial charge in [0.15, 0.2) is 0 Å². The van der Waals surface area contributed by atoms with Crippen LogP contribution in [0.3, 0.4) is 0 Å². The topological polar surface area (TPSA) is 47.1 Å². The third-order valence-electron chi connectivity index (χ3n) is 4.50. The molecule has 0 bridgehead atoms. The maximum absolute atomic E-state index is 5.75. The molecular formula is C15H28N4. The van der Waals surface area contributed by atoms with E-state index in [9.17, 15) is 0 Å². The summed E-state index contributed by atoms with van der Waals surface area (Å²) in [4.78, 5) is 2.45. The summed E-state index contributed by atoms with van der Waals surface area (Å²) in [6, 6.07) is 0.648. The van der Waals surface area contributed by atoms with E-state index in [0.717, 1.165) is 18.0 Å². The first-order valence-corrected chi connectivity index (χ1v) is 7.50. The molecule has 0 aromatic carbocycles. The van der Waals surface area contributed by atoms with Crippen LogP contribution >= 0.6 is 0 Å². The van der Waals surface area contributed by atoms with E-state index in [0.29, 0.717) is 12.6 Å². The van der Waals surface area contributed by atoms with Crippen LogP contribution in [0.2, 0.25) is 0 Å². The van der Waals surface area contributed by atoms with Crippen molar-refractivity contribution in [3.63, 3.8) is 0 Å². The number of anilines is 1. The van der Waals surface area contributed by atoms with Crippen LogP contribution in [0.1, 0.15) is 43.9 Å². The molecule has 19 heavy (non-hydrogen) atoms. The molecule has 1 heterocycles. The number of rotatable bonds is 4. The Bertz CT molecular complexity index is 424. The fourth-order valence-corrected chi connectivity index (χ4v) is 3.49. The molecule has 0 spiro atoms. The maximum atomic E-state index is 5.75. The van der Waals surface area contributed by atoms with E-state index in [2.05, 4.69) is 30.9 Å². The van der Waals surface area contributed by atoms with Gasteiger partial charge in [-0.2, -0.15) is 5.10 Å². The summed E-state index contributed by atoms with van der Waals surface area (Å²) in [6.45, 7) is 5.15.